The van der Waals surface area contributed by atoms with Crippen molar-refractivity contribution in [3.8, 4) is 0 Å². The van der Waals surface area contributed by atoms with E-state index in [-0.39, 0.29) is 5.78 Å². The molecule has 0 saturated carbocycles. The summed E-state index contributed by atoms with van der Waals surface area (Å²) in [5.41, 5.74) is 3.61. The van der Waals surface area contributed by atoms with E-state index in [1.807, 2.05) is 12.1 Å². The summed E-state index contributed by atoms with van der Waals surface area (Å²) in [7, 11) is 0. The fourth-order valence-electron chi connectivity index (χ4n) is 2.33. The second-order valence-corrected chi connectivity index (χ2v) is 4.34. The van der Waals surface area contributed by atoms with Gasteiger partial charge in [0.05, 0.1) is 0 Å². The maximum absolute atomic E-state index is 11.2. The molecule has 1 aliphatic carbocycles. The minimum absolute atomic E-state index is 0.157. The SMILES string of the molecule is C=CCC1Cc2ccc(C(C)=O)cc2C1. The van der Waals surface area contributed by atoms with Crippen molar-refractivity contribution in [3.05, 3.63) is 47.5 Å². The highest BCUT2D eigenvalue weighted by atomic mass is 16.1. The molecule has 1 nitrogen and oxygen atoms in total. The highest BCUT2D eigenvalue weighted by Gasteiger charge is 2.20. The summed E-state index contributed by atoms with van der Waals surface area (Å²) >= 11 is 0. The number of benzene rings is 1. The Bertz CT molecular complexity index is 404. The van der Waals surface area contributed by atoms with E-state index < -0.39 is 0 Å². The average Bonchev–Trinajstić information content (AvgIpc) is 2.59. The Labute approximate surface area is 90.8 Å². The lowest BCUT2D eigenvalue weighted by atomic mass is 10.0. The summed E-state index contributed by atoms with van der Waals surface area (Å²) < 4.78 is 0. The van der Waals surface area contributed by atoms with Crippen LogP contribution in [0.3, 0.4) is 0 Å². The van der Waals surface area contributed by atoms with Gasteiger partial charge in [-0.1, -0.05) is 18.2 Å². The first kappa shape index (κ1) is 10.2. The minimum Gasteiger partial charge on any atom is -0.295 e. The summed E-state index contributed by atoms with van der Waals surface area (Å²) in [6.45, 7) is 5.40. The molecule has 1 heteroatoms. The molecule has 0 fully saturated rings. The zero-order valence-electron chi connectivity index (χ0n) is 9.12. The van der Waals surface area contributed by atoms with Crippen LogP contribution in [0.4, 0.5) is 0 Å². The van der Waals surface area contributed by atoms with E-state index in [1.54, 1.807) is 6.92 Å². The van der Waals surface area contributed by atoms with Gasteiger partial charge in [0, 0.05) is 5.56 Å². The van der Waals surface area contributed by atoms with Gasteiger partial charge in [-0.2, -0.15) is 0 Å². The van der Waals surface area contributed by atoms with E-state index in [0.29, 0.717) is 5.92 Å². The first-order valence-electron chi connectivity index (χ1n) is 5.44. The minimum atomic E-state index is 0.157. The maximum Gasteiger partial charge on any atom is 0.159 e. The molecular formula is C14H16O. The third kappa shape index (κ3) is 2.01. The summed E-state index contributed by atoms with van der Waals surface area (Å²) in [4.78, 5) is 11.2. The molecule has 2 rings (SSSR count). The normalized spacial score (nSPS) is 18.6. The third-order valence-electron chi connectivity index (χ3n) is 3.13. The van der Waals surface area contributed by atoms with Crippen LogP contribution < -0.4 is 0 Å². The standard InChI is InChI=1S/C14H16O/c1-3-4-11-7-13-6-5-12(10(2)15)9-14(13)8-11/h3,5-6,9,11H,1,4,7-8H2,2H3. The Morgan fingerprint density at radius 1 is 1.47 bits per heavy atom. The molecule has 15 heavy (non-hydrogen) atoms. The van der Waals surface area contributed by atoms with Crippen LogP contribution in [0, 0.1) is 5.92 Å². The topological polar surface area (TPSA) is 17.1 Å². The number of ketones is 1. The molecule has 0 amide bonds. The number of rotatable bonds is 3. The van der Waals surface area contributed by atoms with Crippen LogP contribution in [0.15, 0.2) is 30.9 Å². The smallest absolute Gasteiger partial charge is 0.159 e. The Hall–Kier alpha value is -1.37. The van der Waals surface area contributed by atoms with Gasteiger partial charge in [-0.15, -0.1) is 6.58 Å². The summed E-state index contributed by atoms with van der Waals surface area (Å²) in [5, 5.41) is 0. The van der Waals surface area contributed by atoms with Crippen LogP contribution in [-0.4, -0.2) is 5.78 Å². The van der Waals surface area contributed by atoms with Crippen molar-refractivity contribution in [1.82, 2.24) is 0 Å². The number of carbonyl (C=O) groups excluding carboxylic acids is 1. The van der Waals surface area contributed by atoms with Crippen LogP contribution in [0.5, 0.6) is 0 Å². The van der Waals surface area contributed by atoms with Crippen molar-refractivity contribution in [2.24, 2.45) is 5.92 Å². The Morgan fingerprint density at radius 2 is 2.20 bits per heavy atom. The van der Waals surface area contributed by atoms with Crippen molar-refractivity contribution in [2.75, 3.05) is 0 Å². The maximum atomic E-state index is 11.2. The number of hydrogen-bond donors (Lipinski definition) is 0. The molecule has 78 valence electrons. The first-order valence-corrected chi connectivity index (χ1v) is 5.44. The Balaban J connectivity index is 2.23. The molecule has 0 saturated heterocycles. The molecule has 1 atom stereocenters. The summed E-state index contributed by atoms with van der Waals surface area (Å²) in [5.74, 6) is 0.852. The number of fused-ring (bicyclic) bond motifs is 1. The number of hydrogen-bond acceptors (Lipinski definition) is 1. The molecule has 1 unspecified atom stereocenters. The van der Waals surface area contributed by atoms with E-state index in [1.165, 1.54) is 11.1 Å². The molecule has 0 radical (unpaired) electrons. The second kappa shape index (κ2) is 4.01. The van der Waals surface area contributed by atoms with Gasteiger partial charge >= 0.3 is 0 Å². The largest absolute Gasteiger partial charge is 0.295 e. The predicted molar refractivity (Wildman–Crippen MR) is 62.2 cm³/mol. The van der Waals surface area contributed by atoms with Crippen molar-refractivity contribution in [2.45, 2.75) is 26.2 Å². The average molecular weight is 200 g/mol. The van der Waals surface area contributed by atoms with Crippen molar-refractivity contribution < 1.29 is 4.79 Å². The van der Waals surface area contributed by atoms with Gasteiger partial charge in [-0.3, -0.25) is 4.79 Å². The Kier molecular flexibility index (Phi) is 2.72. The fraction of sp³-hybridized carbons (Fsp3) is 0.357. The van der Waals surface area contributed by atoms with Crippen LogP contribution in [-0.2, 0) is 12.8 Å². The van der Waals surface area contributed by atoms with Crippen LogP contribution in [0.1, 0.15) is 34.8 Å². The third-order valence-corrected chi connectivity index (χ3v) is 3.13. The first-order chi connectivity index (χ1) is 7.20. The highest BCUT2D eigenvalue weighted by Crippen LogP contribution is 2.29. The van der Waals surface area contributed by atoms with Gasteiger partial charge < -0.3 is 0 Å². The molecular weight excluding hydrogens is 184 g/mol. The molecule has 0 heterocycles. The van der Waals surface area contributed by atoms with Crippen molar-refractivity contribution in [1.29, 1.82) is 0 Å². The van der Waals surface area contributed by atoms with Crippen LogP contribution in [0.25, 0.3) is 0 Å². The molecule has 1 aliphatic rings. The molecule has 1 aromatic rings. The highest BCUT2D eigenvalue weighted by molar-refractivity contribution is 5.94. The molecule has 0 aromatic heterocycles. The second-order valence-electron chi connectivity index (χ2n) is 4.34. The lowest BCUT2D eigenvalue weighted by Crippen LogP contribution is -1.96. The van der Waals surface area contributed by atoms with Gasteiger partial charge in [0.15, 0.2) is 5.78 Å². The van der Waals surface area contributed by atoms with Gasteiger partial charge in [-0.25, -0.2) is 0 Å². The van der Waals surface area contributed by atoms with Gasteiger partial charge in [0.1, 0.15) is 0 Å². The lowest BCUT2D eigenvalue weighted by Gasteiger charge is -2.02. The van der Waals surface area contributed by atoms with Gasteiger partial charge in [-0.05, 0) is 49.3 Å². The van der Waals surface area contributed by atoms with E-state index in [0.717, 1.165) is 24.8 Å². The van der Waals surface area contributed by atoms with E-state index >= 15 is 0 Å². The summed E-state index contributed by atoms with van der Waals surface area (Å²) in [6.07, 6.45) is 5.30. The van der Waals surface area contributed by atoms with E-state index in [9.17, 15) is 4.79 Å². The van der Waals surface area contributed by atoms with Crippen LogP contribution in [0.2, 0.25) is 0 Å². The van der Waals surface area contributed by atoms with Crippen molar-refractivity contribution in [3.63, 3.8) is 0 Å². The van der Waals surface area contributed by atoms with Gasteiger partial charge in [0.25, 0.3) is 0 Å². The Morgan fingerprint density at radius 3 is 2.87 bits per heavy atom. The lowest BCUT2D eigenvalue weighted by molar-refractivity contribution is 0.101. The van der Waals surface area contributed by atoms with Crippen molar-refractivity contribution >= 4 is 5.78 Å². The molecule has 0 spiro atoms. The van der Waals surface area contributed by atoms with Crippen LogP contribution >= 0.6 is 0 Å². The van der Waals surface area contributed by atoms with Gasteiger partial charge in [0.2, 0.25) is 0 Å². The zero-order chi connectivity index (χ0) is 10.8. The molecule has 1 aromatic carbocycles. The predicted octanol–water partition coefficient (Wildman–Crippen LogP) is 3.18. The quantitative estimate of drug-likeness (QED) is 0.541. The number of Topliss-reactive ketones (excluding diaryl/α,β-unsaturated/α-hetero) is 1. The zero-order valence-corrected chi connectivity index (χ0v) is 9.12. The molecule has 0 bridgehead atoms. The number of allylic oxidation sites excluding steroid dienone is 1. The van der Waals surface area contributed by atoms with E-state index in [4.69, 9.17) is 0 Å². The summed E-state index contributed by atoms with van der Waals surface area (Å²) in [6, 6.07) is 6.10. The molecule has 0 aliphatic heterocycles. The fourth-order valence-corrected chi connectivity index (χ4v) is 2.33. The number of carbonyl (C=O) groups is 1. The molecule has 0 N–H and O–H groups in total. The monoisotopic (exact) mass is 200 g/mol. The van der Waals surface area contributed by atoms with E-state index in [2.05, 4.69) is 18.7 Å².